The maximum absolute atomic E-state index is 9.08. The third kappa shape index (κ3) is 1.32. The van der Waals surface area contributed by atoms with E-state index in [9.17, 15) is 0 Å². The van der Waals surface area contributed by atoms with Gasteiger partial charge in [-0.1, -0.05) is 6.08 Å². The van der Waals surface area contributed by atoms with Crippen LogP contribution in [0, 0.1) is 23.2 Å². The van der Waals surface area contributed by atoms with Crippen LogP contribution in [0.4, 0.5) is 0 Å². The number of nitrogens with zero attached hydrogens (tertiary/aromatic N) is 2. The molecule has 4 unspecified atom stereocenters. The third-order valence-corrected chi connectivity index (χ3v) is 4.02. The van der Waals surface area contributed by atoms with Gasteiger partial charge < -0.3 is 5.32 Å². The molecule has 3 heteroatoms. The topological polar surface area (TPSA) is 48.2 Å². The summed E-state index contributed by atoms with van der Waals surface area (Å²) in [4.78, 5) is 4.39. The van der Waals surface area contributed by atoms with Gasteiger partial charge in [-0.15, -0.1) is 0 Å². The number of allylic oxidation sites excluding steroid dienone is 1. The molecule has 15 heavy (non-hydrogen) atoms. The Morgan fingerprint density at radius 1 is 1.47 bits per heavy atom. The average Bonchev–Trinajstić information content (AvgIpc) is 2.67. The van der Waals surface area contributed by atoms with Crippen molar-refractivity contribution in [2.24, 2.45) is 16.8 Å². The lowest BCUT2D eigenvalue weighted by atomic mass is 9.77. The van der Waals surface area contributed by atoms with Crippen LogP contribution in [-0.2, 0) is 0 Å². The molecule has 2 heterocycles. The number of aliphatic imine (C=N–C) groups is 1. The maximum Gasteiger partial charge on any atom is 0.0960 e. The zero-order valence-corrected chi connectivity index (χ0v) is 8.69. The van der Waals surface area contributed by atoms with Crippen LogP contribution < -0.4 is 5.32 Å². The smallest absolute Gasteiger partial charge is 0.0960 e. The minimum absolute atomic E-state index is 0.320. The first-order valence-electron chi connectivity index (χ1n) is 5.74. The average molecular weight is 201 g/mol. The van der Waals surface area contributed by atoms with Crippen molar-refractivity contribution in [3.8, 4) is 6.07 Å². The largest absolute Gasteiger partial charge is 0.306 e. The van der Waals surface area contributed by atoms with Gasteiger partial charge in [0.05, 0.1) is 6.07 Å². The van der Waals surface area contributed by atoms with Crippen LogP contribution >= 0.6 is 0 Å². The van der Waals surface area contributed by atoms with Gasteiger partial charge in [-0.25, -0.2) is 0 Å². The molecule has 0 spiro atoms. The van der Waals surface area contributed by atoms with Crippen molar-refractivity contribution < 1.29 is 0 Å². The second-order valence-electron chi connectivity index (χ2n) is 4.71. The molecule has 1 saturated heterocycles. The quantitative estimate of drug-likeness (QED) is 0.641. The number of fused-ring (bicyclic) bond motifs is 3. The van der Waals surface area contributed by atoms with Crippen LogP contribution in [0.3, 0.4) is 0 Å². The van der Waals surface area contributed by atoms with Crippen LogP contribution in [0.1, 0.15) is 19.3 Å². The molecule has 4 atom stereocenters. The highest BCUT2D eigenvalue weighted by Gasteiger charge is 2.45. The van der Waals surface area contributed by atoms with E-state index >= 15 is 0 Å². The Kier molecular flexibility index (Phi) is 2.10. The van der Waals surface area contributed by atoms with Crippen molar-refractivity contribution in [3.63, 3.8) is 0 Å². The summed E-state index contributed by atoms with van der Waals surface area (Å²) in [6, 6.07) is 3.23. The standard InChI is InChI=1S/C12H15N3/c13-6-8-2-1-3-9-10-7-14-5-4-11(10)15-12(8)9/h2,5,9-12,15H,1,3-4,7H2. The molecule has 3 rings (SSSR count). The van der Waals surface area contributed by atoms with E-state index in [1.807, 2.05) is 6.21 Å². The zero-order valence-electron chi connectivity index (χ0n) is 8.69. The molecular formula is C12H15N3. The second kappa shape index (κ2) is 3.46. The van der Waals surface area contributed by atoms with Gasteiger partial charge in [-0.3, -0.25) is 4.99 Å². The summed E-state index contributed by atoms with van der Waals surface area (Å²) in [6.07, 6.45) is 7.46. The van der Waals surface area contributed by atoms with Crippen molar-refractivity contribution in [3.05, 3.63) is 11.6 Å². The summed E-state index contributed by atoms with van der Waals surface area (Å²) >= 11 is 0. The predicted molar refractivity (Wildman–Crippen MR) is 58.6 cm³/mol. The van der Waals surface area contributed by atoms with Crippen molar-refractivity contribution in [2.45, 2.75) is 31.3 Å². The molecule has 0 saturated carbocycles. The monoisotopic (exact) mass is 201 g/mol. The van der Waals surface area contributed by atoms with Gasteiger partial charge in [0.25, 0.3) is 0 Å². The normalized spacial score (nSPS) is 42.7. The molecule has 1 fully saturated rings. The highest BCUT2D eigenvalue weighted by atomic mass is 15.0. The maximum atomic E-state index is 9.08. The minimum atomic E-state index is 0.320. The molecule has 1 N–H and O–H groups in total. The third-order valence-electron chi connectivity index (χ3n) is 4.02. The van der Waals surface area contributed by atoms with E-state index in [1.54, 1.807) is 0 Å². The molecule has 2 aliphatic heterocycles. The van der Waals surface area contributed by atoms with Crippen molar-refractivity contribution in [1.82, 2.24) is 5.32 Å². The lowest BCUT2D eigenvalue weighted by molar-refractivity contribution is 0.331. The molecule has 78 valence electrons. The summed E-state index contributed by atoms with van der Waals surface area (Å²) in [7, 11) is 0. The van der Waals surface area contributed by atoms with Gasteiger partial charge in [0, 0.05) is 30.4 Å². The lowest BCUT2D eigenvalue weighted by Crippen LogP contribution is -2.35. The van der Waals surface area contributed by atoms with Gasteiger partial charge in [-0.05, 0) is 31.1 Å². The first-order valence-corrected chi connectivity index (χ1v) is 5.74. The molecule has 0 bridgehead atoms. The van der Waals surface area contributed by atoms with Crippen molar-refractivity contribution in [1.29, 1.82) is 5.26 Å². The van der Waals surface area contributed by atoms with Gasteiger partial charge >= 0.3 is 0 Å². The van der Waals surface area contributed by atoms with Crippen LogP contribution in [0.15, 0.2) is 16.6 Å². The van der Waals surface area contributed by atoms with E-state index in [0.29, 0.717) is 23.9 Å². The molecule has 0 aromatic heterocycles. The van der Waals surface area contributed by atoms with E-state index in [1.165, 1.54) is 6.42 Å². The second-order valence-corrected chi connectivity index (χ2v) is 4.71. The van der Waals surface area contributed by atoms with Crippen LogP contribution in [0.2, 0.25) is 0 Å². The number of rotatable bonds is 0. The molecule has 3 aliphatic rings. The molecule has 1 aliphatic carbocycles. The Morgan fingerprint density at radius 2 is 2.40 bits per heavy atom. The van der Waals surface area contributed by atoms with Gasteiger partial charge in [0.2, 0.25) is 0 Å². The van der Waals surface area contributed by atoms with Crippen LogP contribution in [0.25, 0.3) is 0 Å². The number of hydrogen-bond donors (Lipinski definition) is 1. The molecule has 0 aromatic rings. The fourth-order valence-corrected chi connectivity index (χ4v) is 3.29. The van der Waals surface area contributed by atoms with Gasteiger partial charge in [0.1, 0.15) is 0 Å². The Labute approximate surface area is 89.9 Å². The van der Waals surface area contributed by atoms with Crippen molar-refractivity contribution in [2.75, 3.05) is 6.54 Å². The molecule has 0 amide bonds. The Bertz CT molecular complexity index is 364. The van der Waals surface area contributed by atoms with E-state index in [-0.39, 0.29) is 0 Å². The SMILES string of the molecule is N#CC1=CCCC2C1NC1CC=NCC12. The Hall–Kier alpha value is -1.14. The van der Waals surface area contributed by atoms with E-state index < -0.39 is 0 Å². The first kappa shape index (κ1) is 9.11. The highest BCUT2D eigenvalue weighted by molar-refractivity contribution is 5.59. The van der Waals surface area contributed by atoms with Crippen LogP contribution in [-0.4, -0.2) is 24.8 Å². The zero-order chi connectivity index (χ0) is 10.3. The number of hydrogen-bond acceptors (Lipinski definition) is 3. The predicted octanol–water partition coefficient (Wildman–Crippen LogP) is 1.28. The molecule has 3 nitrogen and oxygen atoms in total. The molecule has 0 radical (unpaired) electrons. The summed E-state index contributed by atoms with van der Waals surface area (Å²) in [5.74, 6) is 1.31. The summed E-state index contributed by atoms with van der Waals surface area (Å²) in [5, 5.41) is 12.7. The number of nitrogens with one attached hydrogen (secondary N) is 1. The van der Waals surface area contributed by atoms with Gasteiger partial charge in [0.15, 0.2) is 0 Å². The first-order chi connectivity index (χ1) is 7.40. The Balaban J connectivity index is 1.88. The van der Waals surface area contributed by atoms with Gasteiger partial charge in [-0.2, -0.15) is 5.26 Å². The fraction of sp³-hybridized carbons (Fsp3) is 0.667. The Morgan fingerprint density at radius 3 is 3.27 bits per heavy atom. The minimum Gasteiger partial charge on any atom is -0.306 e. The van der Waals surface area contributed by atoms with Crippen LogP contribution in [0.5, 0.6) is 0 Å². The summed E-state index contributed by atoms with van der Waals surface area (Å²) in [5.41, 5.74) is 0.959. The molecular weight excluding hydrogens is 186 g/mol. The molecule has 0 aromatic carbocycles. The highest BCUT2D eigenvalue weighted by Crippen LogP contribution is 2.39. The van der Waals surface area contributed by atoms with E-state index in [2.05, 4.69) is 22.5 Å². The van der Waals surface area contributed by atoms with E-state index in [4.69, 9.17) is 5.26 Å². The van der Waals surface area contributed by atoms with Crippen molar-refractivity contribution >= 4 is 6.21 Å². The summed E-state index contributed by atoms with van der Waals surface area (Å²) < 4.78 is 0. The van der Waals surface area contributed by atoms with E-state index in [0.717, 1.165) is 25.0 Å². The summed E-state index contributed by atoms with van der Waals surface area (Å²) in [6.45, 7) is 0.956. The fourth-order valence-electron chi connectivity index (χ4n) is 3.29. The lowest BCUT2D eigenvalue weighted by Gasteiger charge is -2.27. The number of nitriles is 1.